The molecule has 0 amide bonds. The molecule has 3 atom stereocenters. The summed E-state index contributed by atoms with van der Waals surface area (Å²) in [6.07, 6.45) is 2.33. The minimum Gasteiger partial charge on any atom is -0.316 e. The van der Waals surface area contributed by atoms with Gasteiger partial charge in [-0.25, -0.2) is 12.8 Å². The molecule has 1 aromatic rings. The molecule has 3 fully saturated rings. The summed E-state index contributed by atoms with van der Waals surface area (Å²) in [5, 5.41) is 3.07. The van der Waals surface area contributed by atoms with Crippen molar-refractivity contribution in [2.45, 2.75) is 36.9 Å². The van der Waals surface area contributed by atoms with Crippen LogP contribution in [0, 0.1) is 17.7 Å². The van der Waals surface area contributed by atoms with Gasteiger partial charge in [-0.1, -0.05) is 6.92 Å². The smallest absolute Gasteiger partial charge is 0.235 e. The summed E-state index contributed by atoms with van der Waals surface area (Å²) in [5.74, 6) is 0.732. The lowest BCUT2D eigenvalue weighted by Crippen LogP contribution is -2.26. The van der Waals surface area contributed by atoms with E-state index in [1.54, 1.807) is 6.07 Å². The second-order valence-corrected chi connectivity index (χ2v) is 8.77. The first-order chi connectivity index (χ1) is 10.5. The number of halogens is 2. The zero-order valence-corrected chi connectivity index (χ0v) is 14.6. The second-order valence-electron chi connectivity index (χ2n) is 6.81. The summed E-state index contributed by atoms with van der Waals surface area (Å²) >= 11 is 0. The number of hydrogen-bond donors (Lipinski definition) is 2. The molecule has 1 aromatic carbocycles. The van der Waals surface area contributed by atoms with Crippen molar-refractivity contribution in [2.24, 2.45) is 11.8 Å². The van der Waals surface area contributed by atoms with E-state index in [2.05, 4.69) is 17.0 Å². The van der Waals surface area contributed by atoms with Crippen molar-refractivity contribution in [1.82, 2.24) is 5.32 Å². The third-order valence-corrected chi connectivity index (χ3v) is 7.57. The van der Waals surface area contributed by atoms with E-state index in [0.717, 1.165) is 32.4 Å². The average molecular weight is 361 g/mol. The summed E-state index contributed by atoms with van der Waals surface area (Å²) in [6.45, 7) is 3.95. The number of fused-ring (bicyclic) bond motifs is 1. The third-order valence-electron chi connectivity index (χ3n) is 5.70. The van der Waals surface area contributed by atoms with Crippen molar-refractivity contribution in [2.75, 3.05) is 17.8 Å². The van der Waals surface area contributed by atoms with Gasteiger partial charge in [-0.05, 0) is 68.0 Å². The molecule has 0 unspecified atom stereocenters. The average Bonchev–Trinajstić information content (AvgIpc) is 3.38. The number of rotatable bonds is 5. The highest BCUT2D eigenvalue weighted by molar-refractivity contribution is 7.93. The van der Waals surface area contributed by atoms with Crippen molar-refractivity contribution in [3.8, 4) is 0 Å². The number of nitrogens with one attached hydrogen (secondary N) is 2. The monoisotopic (exact) mass is 360 g/mol. The second kappa shape index (κ2) is 5.60. The molecule has 7 heteroatoms. The Balaban J connectivity index is 0.00000156. The van der Waals surface area contributed by atoms with Crippen LogP contribution in [0.5, 0.6) is 0 Å². The molecule has 128 valence electrons. The van der Waals surface area contributed by atoms with E-state index in [1.165, 1.54) is 12.1 Å². The van der Waals surface area contributed by atoms with Gasteiger partial charge in [0.05, 0.1) is 5.25 Å². The van der Waals surface area contributed by atoms with E-state index in [1.807, 2.05) is 0 Å². The number of sulfonamides is 1. The van der Waals surface area contributed by atoms with Gasteiger partial charge in [-0.2, -0.15) is 0 Å². The summed E-state index contributed by atoms with van der Waals surface area (Å²) in [5.41, 5.74) is 1.06. The van der Waals surface area contributed by atoms with Crippen LogP contribution in [0.25, 0.3) is 0 Å². The first-order valence-electron chi connectivity index (χ1n) is 8.01. The molecule has 23 heavy (non-hydrogen) atoms. The zero-order chi connectivity index (χ0) is 15.5. The van der Waals surface area contributed by atoms with Gasteiger partial charge in [-0.3, -0.25) is 4.72 Å². The van der Waals surface area contributed by atoms with E-state index in [4.69, 9.17) is 0 Å². The predicted octanol–water partition coefficient (Wildman–Crippen LogP) is 2.65. The fourth-order valence-corrected chi connectivity index (χ4v) is 5.71. The molecule has 0 aromatic heterocycles. The van der Waals surface area contributed by atoms with E-state index >= 15 is 0 Å². The van der Waals surface area contributed by atoms with Gasteiger partial charge < -0.3 is 5.32 Å². The Morgan fingerprint density at radius 3 is 2.52 bits per heavy atom. The first-order valence-corrected chi connectivity index (χ1v) is 9.56. The van der Waals surface area contributed by atoms with Gasteiger partial charge in [0, 0.05) is 11.1 Å². The Hall–Kier alpha value is -0.850. The lowest BCUT2D eigenvalue weighted by Gasteiger charge is -2.22. The molecule has 4 rings (SSSR count). The minimum absolute atomic E-state index is 0. The van der Waals surface area contributed by atoms with Gasteiger partial charge >= 0.3 is 0 Å². The summed E-state index contributed by atoms with van der Waals surface area (Å²) in [6, 6.07) is 4.65. The van der Waals surface area contributed by atoms with Crippen LogP contribution in [0.1, 0.15) is 31.7 Å². The lowest BCUT2D eigenvalue weighted by molar-refractivity contribution is 0.473. The quantitative estimate of drug-likeness (QED) is 0.848. The van der Waals surface area contributed by atoms with Gasteiger partial charge in [0.1, 0.15) is 5.82 Å². The number of benzene rings is 1. The van der Waals surface area contributed by atoms with Crippen LogP contribution in [0.3, 0.4) is 0 Å². The lowest BCUT2D eigenvalue weighted by atomic mass is 9.87. The van der Waals surface area contributed by atoms with Crippen LogP contribution in [-0.4, -0.2) is 26.8 Å². The predicted molar refractivity (Wildman–Crippen MR) is 91.0 cm³/mol. The molecular formula is C16H22ClFN2O2S. The fourth-order valence-electron chi connectivity index (χ4n) is 4.33. The van der Waals surface area contributed by atoms with Gasteiger partial charge in [0.15, 0.2) is 0 Å². The zero-order valence-electron chi connectivity index (χ0n) is 13.0. The minimum atomic E-state index is -3.30. The van der Waals surface area contributed by atoms with Crippen molar-refractivity contribution < 1.29 is 12.8 Å². The topological polar surface area (TPSA) is 58.2 Å². The highest BCUT2D eigenvalue weighted by Crippen LogP contribution is 2.64. The largest absolute Gasteiger partial charge is 0.316 e. The maximum Gasteiger partial charge on any atom is 0.235 e. The molecule has 2 aliphatic carbocycles. The van der Waals surface area contributed by atoms with E-state index in [-0.39, 0.29) is 28.9 Å². The van der Waals surface area contributed by atoms with Crippen molar-refractivity contribution in [3.63, 3.8) is 0 Å². The van der Waals surface area contributed by atoms with Gasteiger partial charge in [0.25, 0.3) is 0 Å². The van der Waals surface area contributed by atoms with Crippen LogP contribution in [-0.2, 0) is 15.4 Å². The first kappa shape index (κ1) is 17.0. The normalized spacial score (nSPS) is 32.1. The highest BCUT2D eigenvalue weighted by Gasteiger charge is 2.66. The molecule has 0 bridgehead atoms. The van der Waals surface area contributed by atoms with Crippen LogP contribution in [0.4, 0.5) is 10.1 Å². The van der Waals surface area contributed by atoms with Crippen LogP contribution in [0.2, 0.25) is 0 Å². The number of piperidine rings is 1. The summed E-state index contributed by atoms with van der Waals surface area (Å²) in [7, 11) is -3.30. The Morgan fingerprint density at radius 2 is 1.96 bits per heavy atom. The van der Waals surface area contributed by atoms with E-state index in [0.29, 0.717) is 23.1 Å². The van der Waals surface area contributed by atoms with Crippen molar-refractivity contribution in [3.05, 3.63) is 29.6 Å². The van der Waals surface area contributed by atoms with Crippen LogP contribution < -0.4 is 10.0 Å². The Morgan fingerprint density at radius 1 is 1.30 bits per heavy atom. The molecule has 2 saturated carbocycles. The molecule has 3 aliphatic rings. The van der Waals surface area contributed by atoms with Crippen LogP contribution >= 0.6 is 12.4 Å². The standard InChI is InChI=1S/C16H21FN2O2S.ClH/c1-2-16(13-8-18-9-14(13)16)12-7-10(3-6-15(12)17)19-22(20,21)11-4-5-11;/h3,6-7,11,13-14,18-19H,2,4-5,8-9H2,1H3;1H/t13-,14+,16+;. The summed E-state index contributed by atoms with van der Waals surface area (Å²) in [4.78, 5) is 0. The number of hydrogen-bond acceptors (Lipinski definition) is 3. The Bertz CT molecular complexity index is 711. The molecule has 1 saturated heterocycles. The van der Waals surface area contributed by atoms with Crippen molar-refractivity contribution in [1.29, 1.82) is 0 Å². The third kappa shape index (κ3) is 2.55. The maximum atomic E-state index is 14.4. The Labute approximate surface area is 142 Å². The van der Waals surface area contributed by atoms with Crippen molar-refractivity contribution >= 4 is 28.1 Å². The molecule has 0 spiro atoms. The summed E-state index contributed by atoms with van der Waals surface area (Å²) < 4.78 is 41.2. The fraction of sp³-hybridized carbons (Fsp3) is 0.625. The van der Waals surface area contributed by atoms with E-state index < -0.39 is 10.0 Å². The highest BCUT2D eigenvalue weighted by atomic mass is 35.5. The van der Waals surface area contributed by atoms with Gasteiger partial charge in [-0.15, -0.1) is 12.4 Å². The van der Waals surface area contributed by atoms with E-state index in [9.17, 15) is 12.8 Å². The number of anilines is 1. The Kier molecular flexibility index (Phi) is 4.14. The molecular weight excluding hydrogens is 339 g/mol. The molecule has 0 radical (unpaired) electrons. The SMILES string of the molecule is CC[C@]1(c2cc(NS(=O)(=O)C3CC3)ccc2F)[C@@H]2CNC[C@@H]21.Cl. The molecule has 2 N–H and O–H groups in total. The van der Waals surface area contributed by atoms with Gasteiger partial charge in [0.2, 0.25) is 10.0 Å². The maximum absolute atomic E-state index is 14.4. The molecule has 1 aliphatic heterocycles. The van der Waals surface area contributed by atoms with Crippen LogP contribution in [0.15, 0.2) is 18.2 Å². The molecule has 1 heterocycles. The molecule has 4 nitrogen and oxygen atoms in total.